The van der Waals surface area contributed by atoms with Crippen LogP contribution in [0.2, 0.25) is 0 Å². The van der Waals surface area contributed by atoms with E-state index in [2.05, 4.69) is 30.3 Å². The fourth-order valence-electron chi connectivity index (χ4n) is 4.58. The number of nitrogens with zero attached hydrogens (tertiary/aromatic N) is 5. The van der Waals surface area contributed by atoms with Crippen LogP contribution in [-0.4, -0.2) is 92.3 Å². The van der Waals surface area contributed by atoms with E-state index in [1.54, 1.807) is 23.5 Å². The molecule has 2 aliphatic rings. The van der Waals surface area contributed by atoms with Crippen molar-refractivity contribution < 1.29 is 14.3 Å². The van der Waals surface area contributed by atoms with Crippen molar-refractivity contribution in [1.29, 1.82) is 0 Å². The van der Waals surface area contributed by atoms with E-state index >= 15 is 0 Å². The van der Waals surface area contributed by atoms with Crippen LogP contribution in [0.1, 0.15) is 6.42 Å². The number of carbonyl (C=O) groups is 2. The van der Waals surface area contributed by atoms with E-state index in [1.165, 1.54) is 5.69 Å². The van der Waals surface area contributed by atoms with E-state index < -0.39 is 11.8 Å². The average molecular weight is 536 g/mol. The molecule has 2 aromatic heterocycles. The Morgan fingerprint density at radius 3 is 2.37 bits per heavy atom. The maximum Gasteiger partial charge on any atom is 0.313 e. The highest BCUT2D eigenvalue weighted by Gasteiger charge is 2.18. The Bertz CT molecular complexity index is 1190. The predicted octanol–water partition coefficient (Wildman–Crippen LogP) is 2.31. The summed E-state index contributed by atoms with van der Waals surface area (Å²) in [5.41, 5.74) is 3.63. The molecule has 2 fully saturated rings. The molecule has 38 heavy (non-hydrogen) atoms. The van der Waals surface area contributed by atoms with Gasteiger partial charge in [0.05, 0.1) is 18.9 Å². The minimum Gasteiger partial charge on any atom is -0.378 e. The van der Waals surface area contributed by atoms with Gasteiger partial charge < -0.3 is 25.2 Å². The van der Waals surface area contributed by atoms with Crippen molar-refractivity contribution in [3.8, 4) is 11.3 Å². The number of ether oxygens (including phenoxy) is 1. The summed E-state index contributed by atoms with van der Waals surface area (Å²) in [5.74, 6) is -1.28. The van der Waals surface area contributed by atoms with Gasteiger partial charge in [0.15, 0.2) is 5.13 Å². The molecular formula is C27H33N7O3S. The zero-order valence-electron chi connectivity index (χ0n) is 21.3. The standard InChI is InChI=1S/C27H33N7O3S/c35-25(29-8-1-11-32-12-14-33(15-13-32)23-6-9-28-10-7-23)26(36)30-22-4-2-21(3-5-22)24-20-38-27(31-24)34-16-18-37-19-17-34/h2-7,9-10,20H,1,8,11-19H2,(H,29,35)(H,30,36). The first-order valence-electron chi connectivity index (χ1n) is 13.0. The molecule has 2 aliphatic heterocycles. The minimum absolute atomic E-state index is 0.463. The number of rotatable bonds is 8. The number of carbonyl (C=O) groups excluding carboxylic acids is 2. The van der Waals surface area contributed by atoms with Crippen LogP contribution < -0.4 is 20.4 Å². The Labute approximate surface area is 226 Å². The Morgan fingerprint density at radius 1 is 0.895 bits per heavy atom. The van der Waals surface area contributed by atoms with Gasteiger partial charge in [0, 0.05) is 80.5 Å². The number of thiazole rings is 1. The number of benzene rings is 1. The van der Waals surface area contributed by atoms with Gasteiger partial charge in [-0.3, -0.25) is 19.5 Å². The number of pyridine rings is 1. The van der Waals surface area contributed by atoms with Gasteiger partial charge in [0.2, 0.25) is 0 Å². The molecule has 11 heteroatoms. The van der Waals surface area contributed by atoms with Crippen LogP contribution in [0.15, 0.2) is 54.2 Å². The monoisotopic (exact) mass is 535 g/mol. The number of nitrogens with one attached hydrogen (secondary N) is 2. The first-order chi connectivity index (χ1) is 18.7. The van der Waals surface area contributed by atoms with Gasteiger partial charge in [-0.05, 0) is 37.2 Å². The molecule has 0 radical (unpaired) electrons. The second kappa shape index (κ2) is 12.8. The molecule has 10 nitrogen and oxygen atoms in total. The molecule has 2 N–H and O–H groups in total. The van der Waals surface area contributed by atoms with Gasteiger partial charge in [-0.1, -0.05) is 12.1 Å². The topological polar surface area (TPSA) is 103 Å². The average Bonchev–Trinajstić information content (AvgIpc) is 3.47. The van der Waals surface area contributed by atoms with Crippen molar-refractivity contribution in [2.75, 3.05) is 80.7 Å². The fourth-order valence-corrected chi connectivity index (χ4v) is 5.47. The highest BCUT2D eigenvalue weighted by molar-refractivity contribution is 7.14. The summed E-state index contributed by atoms with van der Waals surface area (Å²) in [4.78, 5) is 40.4. The summed E-state index contributed by atoms with van der Waals surface area (Å²) in [7, 11) is 0. The molecule has 5 rings (SSSR count). The molecule has 0 bridgehead atoms. The van der Waals surface area contributed by atoms with Crippen LogP contribution in [0.25, 0.3) is 11.3 Å². The van der Waals surface area contributed by atoms with Crippen molar-refractivity contribution in [3.05, 3.63) is 54.2 Å². The largest absolute Gasteiger partial charge is 0.378 e. The van der Waals surface area contributed by atoms with Gasteiger partial charge >= 0.3 is 11.8 Å². The third-order valence-electron chi connectivity index (χ3n) is 6.76. The van der Waals surface area contributed by atoms with E-state index in [-0.39, 0.29) is 0 Å². The van der Waals surface area contributed by atoms with Gasteiger partial charge in [0.25, 0.3) is 0 Å². The fraction of sp³-hybridized carbons (Fsp3) is 0.407. The van der Waals surface area contributed by atoms with E-state index in [0.717, 1.165) is 81.8 Å². The molecule has 0 unspecified atom stereocenters. The summed E-state index contributed by atoms with van der Waals surface area (Å²) in [6.45, 7) is 8.38. The van der Waals surface area contributed by atoms with Gasteiger partial charge in [-0.2, -0.15) is 0 Å². The first-order valence-corrected chi connectivity index (χ1v) is 13.9. The Kier molecular flexibility index (Phi) is 8.79. The number of amides is 2. The zero-order valence-corrected chi connectivity index (χ0v) is 22.2. The summed E-state index contributed by atoms with van der Waals surface area (Å²) >= 11 is 1.62. The van der Waals surface area contributed by atoms with Crippen LogP contribution in [0, 0.1) is 0 Å². The van der Waals surface area contributed by atoms with E-state index in [4.69, 9.17) is 9.72 Å². The van der Waals surface area contributed by atoms with Crippen LogP contribution in [0.3, 0.4) is 0 Å². The third-order valence-corrected chi connectivity index (χ3v) is 7.66. The lowest BCUT2D eigenvalue weighted by Gasteiger charge is -2.36. The first kappa shape index (κ1) is 26.1. The molecule has 2 saturated heterocycles. The quantitative estimate of drug-likeness (QED) is 0.335. The lowest BCUT2D eigenvalue weighted by molar-refractivity contribution is -0.136. The minimum atomic E-state index is -0.660. The number of piperazine rings is 1. The van der Waals surface area contributed by atoms with Crippen molar-refractivity contribution in [2.24, 2.45) is 0 Å². The molecule has 0 atom stereocenters. The molecule has 2 amide bonds. The number of morpholine rings is 1. The third kappa shape index (κ3) is 6.85. The van der Waals surface area contributed by atoms with Crippen LogP contribution in [-0.2, 0) is 14.3 Å². The van der Waals surface area contributed by atoms with Crippen molar-refractivity contribution in [2.45, 2.75) is 6.42 Å². The van der Waals surface area contributed by atoms with Crippen LogP contribution >= 0.6 is 11.3 Å². The highest BCUT2D eigenvalue weighted by Crippen LogP contribution is 2.28. The molecule has 0 saturated carbocycles. The van der Waals surface area contributed by atoms with Gasteiger partial charge in [0.1, 0.15) is 0 Å². The number of anilines is 3. The molecule has 0 aliphatic carbocycles. The predicted molar refractivity (Wildman–Crippen MR) is 150 cm³/mol. The van der Waals surface area contributed by atoms with E-state index in [0.29, 0.717) is 12.2 Å². The molecular weight excluding hydrogens is 502 g/mol. The maximum absolute atomic E-state index is 12.3. The lowest BCUT2D eigenvalue weighted by Crippen LogP contribution is -2.47. The molecule has 3 aromatic rings. The van der Waals surface area contributed by atoms with Crippen LogP contribution in [0.4, 0.5) is 16.5 Å². The van der Waals surface area contributed by atoms with Gasteiger partial charge in [-0.25, -0.2) is 4.98 Å². The summed E-state index contributed by atoms with van der Waals surface area (Å²) in [6, 6.07) is 11.5. The lowest BCUT2D eigenvalue weighted by atomic mass is 10.1. The summed E-state index contributed by atoms with van der Waals surface area (Å²) in [5, 5.41) is 8.43. The van der Waals surface area contributed by atoms with E-state index in [1.807, 2.05) is 42.0 Å². The van der Waals surface area contributed by atoms with Crippen LogP contribution in [0.5, 0.6) is 0 Å². The highest BCUT2D eigenvalue weighted by atomic mass is 32.1. The number of hydrogen-bond acceptors (Lipinski definition) is 9. The van der Waals surface area contributed by atoms with E-state index in [9.17, 15) is 9.59 Å². The SMILES string of the molecule is O=C(NCCCN1CCN(c2ccncc2)CC1)C(=O)Nc1ccc(-c2csc(N3CCOCC3)n2)cc1. The Balaban J connectivity index is 1.00. The molecule has 200 valence electrons. The maximum atomic E-state index is 12.3. The number of aromatic nitrogens is 2. The summed E-state index contributed by atoms with van der Waals surface area (Å²) < 4.78 is 5.41. The Hall–Kier alpha value is -3.54. The smallest absolute Gasteiger partial charge is 0.313 e. The molecule has 1 aromatic carbocycles. The molecule has 4 heterocycles. The van der Waals surface area contributed by atoms with Crippen molar-refractivity contribution in [3.63, 3.8) is 0 Å². The Morgan fingerprint density at radius 2 is 1.63 bits per heavy atom. The summed E-state index contributed by atoms with van der Waals surface area (Å²) in [6.07, 6.45) is 4.43. The molecule has 0 spiro atoms. The van der Waals surface area contributed by atoms with Gasteiger partial charge in [-0.15, -0.1) is 11.3 Å². The second-order valence-corrected chi connectivity index (χ2v) is 10.1. The van der Waals surface area contributed by atoms with Crippen molar-refractivity contribution >= 4 is 39.7 Å². The van der Waals surface area contributed by atoms with Crippen molar-refractivity contribution in [1.82, 2.24) is 20.2 Å². The normalized spacial score (nSPS) is 16.3. The number of hydrogen-bond donors (Lipinski definition) is 2. The second-order valence-electron chi connectivity index (χ2n) is 9.29. The zero-order chi connectivity index (χ0) is 26.2.